The monoisotopic (exact) mass is 392 g/mol. The van der Waals surface area contributed by atoms with Crippen LogP contribution in [0.2, 0.25) is 5.02 Å². The van der Waals surface area contributed by atoms with Gasteiger partial charge in [0.15, 0.2) is 0 Å². The quantitative estimate of drug-likeness (QED) is 0.868. The molecule has 2 amide bonds. The maximum atomic E-state index is 12.5. The van der Waals surface area contributed by atoms with E-state index in [1.54, 1.807) is 50.2 Å². The topological polar surface area (TPSA) is 83.6 Å². The van der Waals surface area contributed by atoms with Gasteiger partial charge in [-0.05, 0) is 56.3 Å². The normalized spacial score (nSPS) is 18.0. The fourth-order valence-electron chi connectivity index (χ4n) is 2.77. The summed E-state index contributed by atoms with van der Waals surface area (Å²) in [5.74, 6) is -1.19. The molecular formula is C18H17ClN2O4S. The summed E-state index contributed by atoms with van der Waals surface area (Å²) in [4.78, 5) is 24.9. The fourth-order valence-corrected chi connectivity index (χ4v) is 5.00. The van der Waals surface area contributed by atoms with Crippen molar-refractivity contribution in [3.05, 3.63) is 59.1 Å². The van der Waals surface area contributed by atoms with Gasteiger partial charge < -0.3 is 5.32 Å². The number of halogens is 1. The van der Waals surface area contributed by atoms with Crippen LogP contribution in [0, 0.1) is 5.41 Å². The van der Waals surface area contributed by atoms with E-state index in [0.29, 0.717) is 10.7 Å². The molecule has 1 saturated heterocycles. The van der Waals surface area contributed by atoms with Crippen molar-refractivity contribution in [2.75, 3.05) is 15.4 Å². The van der Waals surface area contributed by atoms with Gasteiger partial charge in [0.1, 0.15) is 0 Å². The molecule has 0 spiro atoms. The number of sulfonamides is 1. The van der Waals surface area contributed by atoms with Gasteiger partial charge in [0.25, 0.3) is 5.91 Å². The molecule has 1 heterocycles. The summed E-state index contributed by atoms with van der Waals surface area (Å²) < 4.78 is 25.6. The van der Waals surface area contributed by atoms with Crippen LogP contribution in [0.3, 0.4) is 0 Å². The van der Waals surface area contributed by atoms with E-state index in [2.05, 4.69) is 5.32 Å². The number of hydrogen-bond donors (Lipinski definition) is 1. The molecule has 2 aromatic carbocycles. The Labute approximate surface area is 156 Å². The minimum atomic E-state index is -3.77. The highest BCUT2D eigenvalue weighted by atomic mass is 35.5. The second-order valence-corrected chi connectivity index (χ2v) is 8.98. The zero-order valence-electron chi connectivity index (χ0n) is 14.2. The first-order valence-electron chi connectivity index (χ1n) is 7.85. The molecule has 0 aromatic heterocycles. The average molecular weight is 393 g/mol. The van der Waals surface area contributed by atoms with Crippen molar-refractivity contribution in [3.63, 3.8) is 0 Å². The first kappa shape index (κ1) is 18.4. The van der Waals surface area contributed by atoms with Gasteiger partial charge in [0.2, 0.25) is 15.9 Å². The molecule has 0 aliphatic carbocycles. The molecule has 8 heteroatoms. The van der Waals surface area contributed by atoms with Crippen LogP contribution >= 0.6 is 11.6 Å². The van der Waals surface area contributed by atoms with Gasteiger partial charge in [0, 0.05) is 16.3 Å². The summed E-state index contributed by atoms with van der Waals surface area (Å²) >= 11 is 5.82. The van der Waals surface area contributed by atoms with Crippen molar-refractivity contribution in [2.45, 2.75) is 13.8 Å². The zero-order valence-corrected chi connectivity index (χ0v) is 15.8. The summed E-state index contributed by atoms with van der Waals surface area (Å²) in [5.41, 5.74) is -0.0503. The Kier molecular flexibility index (Phi) is 4.54. The van der Waals surface area contributed by atoms with E-state index < -0.39 is 27.3 Å². The van der Waals surface area contributed by atoms with Crippen LogP contribution in [-0.2, 0) is 14.8 Å². The first-order chi connectivity index (χ1) is 12.1. The molecule has 0 atom stereocenters. The number of hydrogen-bond acceptors (Lipinski definition) is 4. The number of carbonyl (C=O) groups excluding carboxylic acids is 2. The Hall–Kier alpha value is -2.38. The molecule has 3 rings (SSSR count). The van der Waals surface area contributed by atoms with Gasteiger partial charge in [-0.15, -0.1) is 0 Å². The van der Waals surface area contributed by atoms with E-state index in [0.717, 1.165) is 4.31 Å². The molecule has 0 saturated carbocycles. The Morgan fingerprint density at radius 3 is 2.38 bits per heavy atom. The van der Waals surface area contributed by atoms with Gasteiger partial charge in [0.05, 0.1) is 16.9 Å². The molecule has 26 heavy (non-hydrogen) atoms. The highest BCUT2D eigenvalue weighted by Gasteiger charge is 2.49. The standard InChI is InChI=1S/C18H17ClN2O4S/c1-18(2)11-26(24,25)21(17(18)23)15-5-3-4-12(10-15)16(22)20-14-8-6-13(19)7-9-14/h3-10H,11H2,1-2H3,(H,20,22). The van der Waals surface area contributed by atoms with Gasteiger partial charge >= 0.3 is 0 Å². The maximum Gasteiger partial charge on any atom is 0.255 e. The van der Waals surface area contributed by atoms with Crippen LogP contribution in [0.4, 0.5) is 11.4 Å². The van der Waals surface area contributed by atoms with Crippen LogP contribution in [0.25, 0.3) is 0 Å². The van der Waals surface area contributed by atoms with E-state index in [1.807, 2.05) is 0 Å². The van der Waals surface area contributed by atoms with Crippen molar-refractivity contribution in [2.24, 2.45) is 5.41 Å². The lowest BCUT2D eigenvalue weighted by atomic mass is 9.95. The predicted molar refractivity (Wildman–Crippen MR) is 101 cm³/mol. The third kappa shape index (κ3) is 3.45. The number of anilines is 2. The minimum Gasteiger partial charge on any atom is -0.322 e. The predicted octanol–water partition coefficient (Wildman–Crippen LogP) is 3.29. The molecule has 0 radical (unpaired) electrons. The first-order valence-corrected chi connectivity index (χ1v) is 9.83. The van der Waals surface area contributed by atoms with Crippen LogP contribution < -0.4 is 9.62 Å². The van der Waals surface area contributed by atoms with Crippen molar-refractivity contribution < 1.29 is 18.0 Å². The number of nitrogens with one attached hydrogen (secondary N) is 1. The minimum absolute atomic E-state index is 0.157. The summed E-state index contributed by atoms with van der Waals surface area (Å²) in [6, 6.07) is 12.6. The third-order valence-electron chi connectivity index (χ3n) is 4.03. The van der Waals surface area contributed by atoms with Crippen LogP contribution in [0.15, 0.2) is 48.5 Å². The second-order valence-electron chi connectivity index (χ2n) is 6.72. The van der Waals surface area contributed by atoms with E-state index in [4.69, 9.17) is 11.6 Å². The van der Waals surface area contributed by atoms with Crippen molar-refractivity contribution in [1.82, 2.24) is 0 Å². The summed E-state index contributed by atoms with van der Waals surface area (Å²) in [6.07, 6.45) is 0. The molecular weight excluding hydrogens is 376 g/mol. The van der Waals surface area contributed by atoms with Crippen LogP contribution in [0.5, 0.6) is 0 Å². The Morgan fingerprint density at radius 2 is 1.81 bits per heavy atom. The van der Waals surface area contributed by atoms with Gasteiger partial charge in [-0.2, -0.15) is 0 Å². The van der Waals surface area contributed by atoms with E-state index in [-0.39, 0.29) is 17.0 Å². The smallest absolute Gasteiger partial charge is 0.255 e. The number of nitrogens with zero attached hydrogens (tertiary/aromatic N) is 1. The number of carbonyl (C=O) groups is 2. The average Bonchev–Trinajstić information content (AvgIpc) is 2.72. The molecule has 1 aliphatic heterocycles. The lowest BCUT2D eigenvalue weighted by Crippen LogP contribution is -2.33. The molecule has 1 N–H and O–H groups in total. The van der Waals surface area contributed by atoms with Crippen molar-refractivity contribution in [1.29, 1.82) is 0 Å². The largest absolute Gasteiger partial charge is 0.322 e. The summed E-state index contributed by atoms with van der Waals surface area (Å²) in [7, 11) is -3.77. The summed E-state index contributed by atoms with van der Waals surface area (Å²) in [6.45, 7) is 3.17. The van der Waals surface area contributed by atoms with Crippen LogP contribution in [0.1, 0.15) is 24.2 Å². The Morgan fingerprint density at radius 1 is 1.15 bits per heavy atom. The van der Waals surface area contributed by atoms with Gasteiger partial charge in [-0.1, -0.05) is 17.7 Å². The van der Waals surface area contributed by atoms with Crippen molar-refractivity contribution >= 4 is 44.8 Å². The van der Waals surface area contributed by atoms with Gasteiger partial charge in [-0.3, -0.25) is 9.59 Å². The third-order valence-corrected chi connectivity index (χ3v) is 6.30. The zero-order chi connectivity index (χ0) is 19.1. The lowest BCUT2D eigenvalue weighted by molar-refractivity contribution is -0.123. The van der Waals surface area contributed by atoms with E-state index in [1.165, 1.54) is 12.1 Å². The van der Waals surface area contributed by atoms with Crippen molar-refractivity contribution in [3.8, 4) is 0 Å². The molecule has 2 aromatic rings. The molecule has 1 fully saturated rings. The number of benzene rings is 2. The van der Waals surface area contributed by atoms with Crippen LogP contribution in [-0.4, -0.2) is 26.0 Å². The molecule has 6 nitrogen and oxygen atoms in total. The lowest BCUT2D eigenvalue weighted by Gasteiger charge is -2.18. The highest BCUT2D eigenvalue weighted by molar-refractivity contribution is 7.94. The number of rotatable bonds is 3. The Balaban J connectivity index is 1.90. The Bertz CT molecular complexity index is 985. The molecule has 136 valence electrons. The highest BCUT2D eigenvalue weighted by Crippen LogP contribution is 2.36. The SMILES string of the molecule is CC1(C)CS(=O)(=O)N(c2cccc(C(=O)Nc3ccc(Cl)cc3)c2)C1=O. The van der Waals surface area contributed by atoms with E-state index >= 15 is 0 Å². The molecule has 0 unspecified atom stereocenters. The fraction of sp³-hybridized carbons (Fsp3) is 0.222. The molecule has 1 aliphatic rings. The second kappa shape index (κ2) is 6.41. The summed E-state index contributed by atoms with van der Waals surface area (Å²) in [5, 5.41) is 3.25. The maximum absolute atomic E-state index is 12.5. The van der Waals surface area contributed by atoms with Gasteiger partial charge in [-0.25, -0.2) is 12.7 Å². The molecule has 0 bridgehead atoms. The number of amides is 2. The van der Waals surface area contributed by atoms with E-state index in [9.17, 15) is 18.0 Å².